The molecular formula is C16H23N5O. The summed E-state index contributed by atoms with van der Waals surface area (Å²) in [7, 11) is 0. The summed E-state index contributed by atoms with van der Waals surface area (Å²) >= 11 is 0. The van der Waals surface area contributed by atoms with Crippen molar-refractivity contribution in [2.45, 2.75) is 46.2 Å². The van der Waals surface area contributed by atoms with Crippen molar-refractivity contribution in [3.63, 3.8) is 0 Å². The quantitative estimate of drug-likeness (QED) is 0.943. The van der Waals surface area contributed by atoms with Gasteiger partial charge in [-0.3, -0.25) is 4.79 Å². The minimum Gasteiger partial charge on any atom is -0.357 e. The Bertz CT molecular complexity index is 657. The van der Waals surface area contributed by atoms with E-state index in [0.29, 0.717) is 11.6 Å². The number of likely N-dealkylation sites (tertiary alicyclic amines) is 1. The number of hydrogen-bond acceptors (Lipinski definition) is 3. The normalized spacial score (nSPS) is 18.4. The monoisotopic (exact) mass is 301 g/mol. The molecule has 3 heterocycles. The Morgan fingerprint density at radius 2 is 2.32 bits per heavy atom. The van der Waals surface area contributed by atoms with Crippen LogP contribution in [0.2, 0.25) is 0 Å². The van der Waals surface area contributed by atoms with Crippen LogP contribution in [0.4, 0.5) is 0 Å². The van der Waals surface area contributed by atoms with Crippen LogP contribution < -0.4 is 0 Å². The standard InChI is InChI=1S/C16H23N5O/c1-11(2)9-20-10-18-19-15(20)13-5-4-8-21(13)16(22)14-12(3)6-7-17-14/h6-7,10-11,13,17H,4-5,8-9H2,1-3H3. The van der Waals surface area contributed by atoms with Crippen molar-refractivity contribution in [2.75, 3.05) is 6.54 Å². The number of hydrogen-bond donors (Lipinski definition) is 1. The van der Waals surface area contributed by atoms with E-state index in [2.05, 4.69) is 33.6 Å². The van der Waals surface area contributed by atoms with E-state index in [1.165, 1.54) is 0 Å². The van der Waals surface area contributed by atoms with E-state index in [1.807, 2.05) is 24.1 Å². The lowest BCUT2D eigenvalue weighted by Crippen LogP contribution is -2.32. The molecule has 0 bridgehead atoms. The molecule has 2 aromatic heterocycles. The Labute approximate surface area is 130 Å². The molecule has 118 valence electrons. The van der Waals surface area contributed by atoms with E-state index in [1.54, 1.807) is 6.33 Å². The third-order valence-electron chi connectivity index (χ3n) is 4.19. The van der Waals surface area contributed by atoms with Crippen molar-refractivity contribution < 1.29 is 4.79 Å². The van der Waals surface area contributed by atoms with Crippen LogP contribution in [0.15, 0.2) is 18.6 Å². The molecule has 0 aromatic carbocycles. The van der Waals surface area contributed by atoms with Gasteiger partial charge >= 0.3 is 0 Å². The van der Waals surface area contributed by atoms with E-state index in [-0.39, 0.29) is 11.9 Å². The predicted molar refractivity (Wildman–Crippen MR) is 83.4 cm³/mol. The van der Waals surface area contributed by atoms with Crippen LogP contribution in [-0.4, -0.2) is 37.1 Å². The smallest absolute Gasteiger partial charge is 0.271 e. The number of H-pyrrole nitrogens is 1. The summed E-state index contributed by atoms with van der Waals surface area (Å²) in [6, 6.07) is 1.95. The highest BCUT2D eigenvalue weighted by molar-refractivity contribution is 5.94. The molecule has 1 atom stereocenters. The maximum atomic E-state index is 12.8. The van der Waals surface area contributed by atoms with Gasteiger partial charge in [-0.1, -0.05) is 13.8 Å². The van der Waals surface area contributed by atoms with Crippen LogP contribution in [-0.2, 0) is 6.54 Å². The molecule has 6 nitrogen and oxygen atoms in total. The SMILES string of the molecule is Cc1cc[nH]c1C(=O)N1CCCC1c1nncn1CC(C)C. The second-order valence-electron chi connectivity index (χ2n) is 6.43. The zero-order valence-electron chi connectivity index (χ0n) is 13.4. The molecule has 0 saturated carbocycles. The molecule has 1 N–H and O–H groups in total. The summed E-state index contributed by atoms with van der Waals surface area (Å²) in [5, 5.41) is 8.36. The minimum absolute atomic E-state index is 0.0245. The van der Waals surface area contributed by atoms with E-state index in [4.69, 9.17) is 0 Å². The molecule has 1 amide bonds. The van der Waals surface area contributed by atoms with Crippen LogP contribution in [0, 0.1) is 12.8 Å². The van der Waals surface area contributed by atoms with Gasteiger partial charge in [-0.25, -0.2) is 0 Å². The number of aromatic amines is 1. The molecule has 1 unspecified atom stereocenters. The molecule has 0 aliphatic carbocycles. The fraction of sp³-hybridized carbons (Fsp3) is 0.562. The van der Waals surface area contributed by atoms with Crippen LogP contribution in [0.5, 0.6) is 0 Å². The van der Waals surface area contributed by atoms with Crippen molar-refractivity contribution in [3.8, 4) is 0 Å². The zero-order valence-corrected chi connectivity index (χ0v) is 13.4. The summed E-state index contributed by atoms with van der Waals surface area (Å²) in [5.41, 5.74) is 1.67. The third-order valence-corrected chi connectivity index (χ3v) is 4.19. The lowest BCUT2D eigenvalue weighted by Gasteiger charge is -2.24. The largest absolute Gasteiger partial charge is 0.357 e. The van der Waals surface area contributed by atoms with E-state index >= 15 is 0 Å². The molecule has 1 aliphatic rings. The van der Waals surface area contributed by atoms with Gasteiger partial charge < -0.3 is 14.5 Å². The second kappa shape index (κ2) is 5.94. The number of nitrogens with zero attached hydrogens (tertiary/aromatic N) is 4. The lowest BCUT2D eigenvalue weighted by atomic mass is 10.1. The first kappa shape index (κ1) is 14.8. The van der Waals surface area contributed by atoms with Gasteiger partial charge in [-0.05, 0) is 37.3 Å². The van der Waals surface area contributed by atoms with Gasteiger partial charge in [0.05, 0.1) is 6.04 Å². The highest BCUT2D eigenvalue weighted by atomic mass is 16.2. The van der Waals surface area contributed by atoms with Crippen molar-refractivity contribution >= 4 is 5.91 Å². The number of carbonyl (C=O) groups excluding carboxylic acids is 1. The number of aryl methyl sites for hydroxylation is 1. The molecule has 0 radical (unpaired) electrons. The van der Waals surface area contributed by atoms with E-state index in [9.17, 15) is 4.79 Å². The first-order valence-corrected chi connectivity index (χ1v) is 7.90. The van der Waals surface area contributed by atoms with Crippen LogP contribution in [0.1, 0.15) is 54.6 Å². The second-order valence-corrected chi connectivity index (χ2v) is 6.43. The maximum Gasteiger partial charge on any atom is 0.271 e. The van der Waals surface area contributed by atoms with E-state index in [0.717, 1.165) is 37.3 Å². The third kappa shape index (κ3) is 2.65. The molecule has 0 spiro atoms. The highest BCUT2D eigenvalue weighted by Crippen LogP contribution is 2.32. The summed E-state index contributed by atoms with van der Waals surface area (Å²) in [4.78, 5) is 17.8. The number of amides is 1. The fourth-order valence-corrected chi connectivity index (χ4v) is 3.16. The Kier molecular flexibility index (Phi) is 4.00. The first-order chi connectivity index (χ1) is 10.6. The van der Waals surface area contributed by atoms with E-state index < -0.39 is 0 Å². The predicted octanol–water partition coefficient (Wildman–Crippen LogP) is 2.55. The van der Waals surface area contributed by atoms with Gasteiger partial charge in [-0.15, -0.1) is 10.2 Å². The minimum atomic E-state index is 0.0245. The topological polar surface area (TPSA) is 66.8 Å². The van der Waals surface area contributed by atoms with Crippen molar-refractivity contribution in [2.24, 2.45) is 5.92 Å². The Morgan fingerprint density at radius 3 is 3.00 bits per heavy atom. The van der Waals surface area contributed by atoms with Crippen LogP contribution >= 0.6 is 0 Å². The zero-order chi connectivity index (χ0) is 15.7. The summed E-state index contributed by atoms with van der Waals surface area (Å²) < 4.78 is 2.09. The molecule has 22 heavy (non-hydrogen) atoms. The van der Waals surface area contributed by atoms with Crippen molar-refractivity contribution in [1.82, 2.24) is 24.6 Å². The summed E-state index contributed by atoms with van der Waals surface area (Å²) in [6.45, 7) is 7.95. The molecule has 1 fully saturated rings. The average Bonchev–Trinajstić information content (AvgIpc) is 3.16. The molecular weight excluding hydrogens is 278 g/mol. The summed E-state index contributed by atoms with van der Waals surface area (Å²) in [6.07, 6.45) is 5.54. The Morgan fingerprint density at radius 1 is 1.50 bits per heavy atom. The van der Waals surface area contributed by atoms with Crippen molar-refractivity contribution in [3.05, 3.63) is 35.7 Å². The highest BCUT2D eigenvalue weighted by Gasteiger charge is 2.34. The van der Waals surface area contributed by atoms with Crippen LogP contribution in [0.25, 0.3) is 0 Å². The fourth-order valence-electron chi connectivity index (χ4n) is 3.16. The van der Waals surface area contributed by atoms with Gasteiger partial charge in [0.1, 0.15) is 12.0 Å². The van der Waals surface area contributed by atoms with Gasteiger partial charge in [0, 0.05) is 19.3 Å². The van der Waals surface area contributed by atoms with Crippen molar-refractivity contribution in [1.29, 1.82) is 0 Å². The summed E-state index contributed by atoms with van der Waals surface area (Å²) in [5.74, 6) is 1.49. The first-order valence-electron chi connectivity index (χ1n) is 7.90. The number of rotatable bonds is 4. The molecule has 1 aliphatic heterocycles. The Balaban J connectivity index is 1.86. The van der Waals surface area contributed by atoms with Crippen LogP contribution in [0.3, 0.4) is 0 Å². The number of aromatic nitrogens is 4. The molecule has 6 heteroatoms. The number of carbonyl (C=O) groups is 1. The Hall–Kier alpha value is -2.11. The molecule has 1 saturated heterocycles. The molecule has 2 aromatic rings. The van der Waals surface area contributed by atoms with Gasteiger partial charge in [-0.2, -0.15) is 0 Å². The lowest BCUT2D eigenvalue weighted by molar-refractivity contribution is 0.0721. The van der Waals surface area contributed by atoms with Gasteiger partial charge in [0.15, 0.2) is 5.82 Å². The average molecular weight is 301 g/mol. The molecule has 3 rings (SSSR count). The van der Waals surface area contributed by atoms with Gasteiger partial charge in [0.25, 0.3) is 5.91 Å². The maximum absolute atomic E-state index is 12.8. The number of nitrogens with one attached hydrogen (secondary N) is 1. The van der Waals surface area contributed by atoms with Gasteiger partial charge in [0.2, 0.25) is 0 Å².